The molecule has 3 atom stereocenters. The van der Waals surface area contributed by atoms with E-state index in [-0.39, 0.29) is 19.1 Å². The summed E-state index contributed by atoms with van der Waals surface area (Å²) in [6.45, 7) is 2.24. The molecule has 9 heteroatoms. The molecule has 3 aliphatic rings. The third-order valence-electron chi connectivity index (χ3n) is 7.57. The Labute approximate surface area is 181 Å². The van der Waals surface area contributed by atoms with Crippen LogP contribution < -0.4 is 0 Å². The molecule has 1 aromatic carbocycles. The van der Waals surface area contributed by atoms with Gasteiger partial charge >= 0.3 is 5.97 Å². The number of alkyl halides is 2. The topological polar surface area (TPSA) is 80.1 Å². The third kappa shape index (κ3) is 2.57. The van der Waals surface area contributed by atoms with E-state index in [4.69, 9.17) is 9.84 Å². The van der Waals surface area contributed by atoms with E-state index in [9.17, 15) is 23.1 Å². The monoisotopic (exact) mass is 445 g/mol. The number of carboxylic acids is 1. The largest absolute Gasteiger partial charge is 0.478 e. The zero-order valence-corrected chi connectivity index (χ0v) is 17.4. The summed E-state index contributed by atoms with van der Waals surface area (Å²) in [5.41, 5.74) is 1.61. The Morgan fingerprint density at radius 2 is 2.12 bits per heavy atom. The Bertz CT molecular complexity index is 1270. The van der Waals surface area contributed by atoms with Crippen LogP contribution in [0, 0.1) is 17.2 Å². The molecule has 1 saturated heterocycles. The van der Waals surface area contributed by atoms with Crippen LogP contribution in [0.15, 0.2) is 18.2 Å². The molecule has 2 aromatic heterocycles. The minimum Gasteiger partial charge on any atom is -0.478 e. The maximum atomic E-state index is 14.6. The summed E-state index contributed by atoms with van der Waals surface area (Å²) in [6.07, 6.45) is 2.86. The predicted octanol–water partition coefficient (Wildman–Crippen LogP) is 4.94. The first-order valence-corrected chi connectivity index (χ1v) is 10.9. The van der Waals surface area contributed by atoms with Crippen molar-refractivity contribution in [2.75, 3.05) is 6.61 Å². The van der Waals surface area contributed by atoms with Crippen LogP contribution in [0.5, 0.6) is 0 Å². The fourth-order valence-electron chi connectivity index (χ4n) is 5.54. The number of nitrogens with zero attached hydrogens (tertiary/aromatic N) is 2. The summed E-state index contributed by atoms with van der Waals surface area (Å²) in [7, 11) is 0. The molecule has 32 heavy (non-hydrogen) atoms. The lowest BCUT2D eigenvalue weighted by molar-refractivity contribution is -0.0418. The van der Waals surface area contributed by atoms with Crippen molar-refractivity contribution in [1.29, 1.82) is 0 Å². The highest BCUT2D eigenvalue weighted by Gasteiger charge is 2.78. The number of hydrogen-bond acceptors (Lipinski definition) is 3. The molecule has 3 heterocycles. The summed E-state index contributed by atoms with van der Waals surface area (Å²) >= 11 is 0. The van der Waals surface area contributed by atoms with Crippen LogP contribution in [0.2, 0.25) is 0 Å². The highest BCUT2D eigenvalue weighted by Crippen LogP contribution is 2.70. The second kappa shape index (κ2) is 6.37. The maximum absolute atomic E-state index is 14.6. The van der Waals surface area contributed by atoms with Crippen LogP contribution >= 0.6 is 0 Å². The van der Waals surface area contributed by atoms with Gasteiger partial charge < -0.3 is 14.8 Å². The lowest BCUT2D eigenvalue weighted by Gasteiger charge is -2.26. The number of aromatic amines is 1. The molecule has 2 N–H and O–H groups in total. The molecule has 6 rings (SSSR count). The first-order valence-electron chi connectivity index (χ1n) is 10.9. The van der Waals surface area contributed by atoms with E-state index in [0.29, 0.717) is 28.9 Å². The Balaban J connectivity index is 1.49. The highest BCUT2D eigenvalue weighted by molar-refractivity contribution is 5.95. The summed E-state index contributed by atoms with van der Waals surface area (Å²) in [4.78, 5) is 14.4. The number of ether oxygens (including phenoxy) is 1. The molecule has 0 amide bonds. The molecule has 2 fully saturated rings. The molecule has 2 aliphatic carbocycles. The van der Waals surface area contributed by atoms with Gasteiger partial charge in [0.1, 0.15) is 17.7 Å². The Morgan fingerprint density at radius 1 is 1.31 bits per heavy atom. The van der Waals surface area contributed by atoms with Crippen LogP contribution in [0.3, 0.4) is 0 Å². The molecule has 1 saturated carbocycles. The summed E-state index contributed by atoms with van der Waals surface area (Å²) in [5.74, 6) is -5.63. The molecule has 0 bridgehead atoms. The van der Waals surface area contributed by atoms with Crippen molar-refractivity contribution in [1.82, 2.24) is 14.8 Å². The number of carbonyl (C=O) groups is 1. The Morgan fingerprint density at radius 3 is 2.84 bits per heavy atom. The number of fused-ring (bicyclic) bond motifs is 3. The van der Waals surface area contributed by atoms with Gasteiger partial charge in [-0.1, -0.05) is 6.92 Å². The lowest BCUT2D eigenvalue weighted by Crippen LogP contribution is -2.24. The predicted molar refractivity (Wildman–Crippen MR) is 109 cm³/mol. The zero-order valence-electron chi connectivity index (χ0n) is 17.4. The standard InChI is InChI=1S/C23H22F3N3O3/c1-22-10-17-13(9-18(22)23(22,25)26)20(28-29(17)19-4-2-3-5-32-19)16-7-11-6-14(24)12(21(30)31)8-15(11)27-16/h6-8,18-19,27H,2-5,9-10H2,1H3,(H,30,31)/t18-,19?,22+/m0/s1. The number of hydrogen-bond donors (Lipinski definition) is 2. The van der Waals surface area contributed by atoms with E-state index in [1.165, 1.54) is 12.1 Å². The molecule has 0 spiro atoms. The summed E-state index contributed by atoms with van der Waals surface area (Å²) < 4.78 is 51.1. The SMILES string of the molecule is C[C@@]12Cc3c(c(-c4cc5cc(F)c(C(=O)O)cc5[nH]4)nn3C3CCCCO3)C[C@@H]1C2(F)F. The second-order valence-electron chi connectivity index (χ2n) is 9.42. The van der Waals surface area contributed by atoms with Crippen molar-refractivity contribution in [3.8, 4) is 11.4 Å². The number of carboxylic acid groups (broad SMARTS) is 1. The second-order valence-corrected chi connectivity index (χ2v) is 9.42. The minimum absolute atomic E-state index is 0.213. The normalized spacial score (nSPS) is 28.4. The number of benzene rings is 1. The van der Waals surface area contributed by atoms with Gasteiger partial charge in [-0.05, 0) is 43.9 Å². The van der Waals surface area contributed by atoms with Crippen molar-refractivity contribution in [2.45, 2.75) is 51.2 Å². The number of aromatic carboxylic acids is 1. The number of nitrogens with one attached hydrogen (secondary N) is 1. The van der Waals surface area contributed by atoms with Crippen LogP contribution in [0.4, 0.5) is 13.2 Å². The molecule has 1 unspecified atom stereocenters. The number of rotatable bonds is 3. The average molecular weight is 445 g/mol. The van der Waals surface area contributed by atoms with Crippen molar-refractivity contribution < 1.29 is 27.8 Å². The molecule has 6 nitrogen and oxygen atoms in total. The molecular formula is C23H22F3N3O3. The van der Waals surface area contributed by atoms with Crippen molar-refractivity contribution in [3.05, 3.63) is 40.8 Å². The third-order valence-corrected chi connectivity index (χ3v) is 7.57. The van der Waals surface area contributed by atoms with Gasteiger partial charge in [-0.2, -0.15) is 5.10 Å². The minimum atomic E-state index is -2.72. The van der Waals surface area contributed by atoms with E-state index in [2.05, 4.69) is 4.98 Å². The quantitative estimate of drug-likeness (QED) is 0.599. The van der Waals surface area contributed by atoms with Gasteiger partial charge in [0.25, 0.3) is 5.92 Å². The van der Waals surface area contributed by atoms with Gasteiger partial charge in [0, 0.05) is 46.5 Å². The summed E-state index contributed by atoms with van der Waals surface area (Å²) in [6, 6.07) is 4.10. The highest BCUT2D eigenvalue weighted by atomic mass is 19.3. The van der Waals surface area contributed by atoms with E-state index in [0.717, 1.165) is 30.5 Å². The molecule has 3 aromatic rings. The number of aromatic nitrogens is 3. The number of halogens is 3. The lowest BCUT2D eigenvalue weighted by atomic mass is 9.87. The van der Waals surface area contributed by atoms with Crippen molar-refractivity contribution in [3.63, 3.8) is 0 Å². The molecule has 168 valence electrons. The van der Waals surface area contributed by atoms with Gasteiger partial charge in [0.2, 0.25) is 0 Å². The molecular weight excluding hydrogens is 423 g/mol. The van der Waals surface area contributed by atoms with Crippen LogP contribution in [0.25, 0.3) is 22.3 Å². The van der Waals surface area contributed by atoms with Crippen LogP contribution in [-0.4, -0.2) is 38.4 Å². The Hall–Kier alpha value is -2.81. The van der Waals surface area contributed by atoms with Gasteiger partial charge in [-0.25, -0.2) is 22.6 Å². The zero-order chi connectivity index (χ0) is 22.4. The van der Waals surface area contributed by atoms with Crippen molar-refractivity contribution in [2.24, 2.45) is 11.3 Å². The maximum Gasteiger partial charge on any atom is 0.338 e. The van der Waals surface area contributed by atoms with Crippen LogP contribution in [-0.2, 0) is 17.6 Å². The van der Waals surface area contributed by atoms with Crippen molar-refractivity contribution >= 4 is 16.9 Å². The van der Waals surface area contributed by atoms with E-state index < -0.39 is 34.6 Å². The fraction of sp³-hybridized carbons (Fsp3) is 0.478. The van der Waals surface area contributed by atoms with Crippen LogP contribution in [0.1, 0.15) is 54.0 Å². The van der Waals surface area contributed by atoms with E-state index in [1.807, 2.05) is 0 Å². The molecule has 1 aliphatic heterocycles. The Kier molecular flexibility index (Phi) is 3.95. The van der Waals surface area contributed by atoms with Gasteiger partial charge in [0.15, 0.2) is 0 Å². The average Bonchev–Trinajstić information content (AvgIpc) is 3.12. The smallest absolute Gasteiger partial charge is 0.338 e. The first-order chi connectivity index (χ1) is 15.2. The van der Waals surface area contributed by atoms with Gasteiger partial charge in [0.05, 0.1) is 11.3 Å². The summed E-state index contributed by atoms with van der Waals surface area (Å²) in [5, 5.41) is 14.5. The van der Waals surface area contributed by atoms with E-state index >= 15 is 0 Å². The van der Waals surface area contributed by atoms with Gasteiger partial charge in [-0.3, -0.25) is 0 Å². The van der Waals surface area contributed by atoms with E-state index in [1.54, 1.807) is 17.7 Å². The molecule has 0 radical (unpaired) electrons. The van der Waals surface area contributed by atoms with Gasteiger partial charge in [-0.15, -0.1) is 0 Å². The first kappa shape index (κ1) is 19.8. The number of H-pyrrole nitrogens is 1. The fourth-order valence-corrected chi connectivity index (χ4v) is 5.54.